The molecule has 116 valence electrons. The Balaban J connectivity index is 1.70. The van der Waals surface area contributed by atoms with Crippen LogP contribution in [0.5, 0.6) is 0 Å². The van der Waals surface area contributed by atoms with Crippen LogP contribution in [0.25, 0.3) is 0 Å². The summed E-state index contributed by atoms with van der Waals surface area (Å²) in [7, 11) is 1.72. The van der Waals surface area contributed by atoms with Crippen molar-refractivity contribution in [2.24, 2.45) is 13.0 Å². The first-order valence-electron chi connectivity index (χ1n) is 7.10. The third-order valence-electron chi connectivity index (χ3n) is 3.93. The van der Waals surface area contributed by atoms with Crippen LogP contribution in [0.2, 0.25) is 5.02 Å². The number of pyridine rings is 1. The van der Waals surface area contributed by atoms with E-state index in [0.29, 0.717) is 24.5 Å². The Bertz CT molecular complexity index is 673. The topological polar surface area (TPSA) is 71.2 Å². The molecule has 3 heterocycles. The van der Waals surface area contributed by atoms with Gasteiger partial charge in [0.05, 0.1) is 11.1 Å². The van der Waals surface area contributed by atoms with Gasteiger partial charge in [0.15, 0.2) is 5.69 Å². The maximum Gasteiger partial charge on any atom is 0.276 e. The third-order valence-corrected chi connectivity index (χ3v) is 4.20. The second kappa shape index (κ2) is 6.06. The predicted octanol–water partition coefficient (Wildman–Crippen LogP) is 1.14. The zero-order chi connectivity index (χ0) is 15.7. The molecule has 22 heavy (non-hydrogen) atoms. The van der Waals surface area contributed by atoms with Gasteiger partial charge in [-0.05, 0) is 24.1 Å². The maximum atomic E-state index is 12.5. The van der Waals surface area contributed by atoms with Gasteiger partial charge in [-0.15, -0.1) is 0 Å². The molecule has 2 aromatic heterocycles. The average Bonchev–Trinajstić information content (AvgIpc) is 3.02. The molecule has 0 unspecified atom stereocenters. The van der Waals surface area contributed by atoms with E-state index >= 15 is 0 Å². The highest BCUT2D eigenvalue weighted by atomic mass is 35.5. The van der Waals surface area contributed by atoms with Crippen LogP contribution < -0.4 is 0 Å². The fourth-order valence-electron chi connectivity index (χ4n) is 2.80. The lowest BCUT2D eigenvalue weighted by Crippen LogP contribution is -2.30. The molecule has 0 radical (unpaired) electrons. The van der Waals surface area contributed by atoms with E-state index in [4.69, 9.17) is 11.6 Å². The Hall–Kier alpha value is -1.92. The Kier molecular flexibility index (Phi) is 4.13. The molecule has 1 amide bonds. The minimum Gasteiger partial charge on any atom is -0.391 e. The zero-order valence-electron chi connectivity index (χ0n) is 12.2. The van der Waals surface area contributed by atoms with E-state index in [2.05, 4.69) is 10.1 Å². The van der Waals surface area contributed by atoms with Crippen molar-refractivity contribution in [3.63, 3.8) is 0 Å². The number of hydrogen-bond donors (Lipinski definition) is 1. The molecule has 6 nitrogen and oxygen atoms in total. The van der Waals surface area contributed by atoms with Crippen molar-refractivity contribution in [2.45, 2.75) is 12.5 Å². The summed E-state index contributed by atoms with van der Waals surface area (Å²) < 4.78 is 1.51. The van der Waals surface area contributed by atoms with Crippen LogP contribution in [0.4, 0.5) is 0 Å². The number of likely N-dealkylation sites (tertiary alicyclic amines) is 1. The van der Waals surface area contributed by atoms with Gasteiger partial charge in [0.2, 0.25) is 0 Å². The monoisotopic (exact) mass is 320 g/mol. The van der Waals surface area contributed by atoms with Crippen molar-refractivity contribution >= 4 is 17.5 Å². The van der Waals surface area contributed by atoms with Gasteiger partial charge in [0.1, 0.15) is 0 Å². The summed E-state index contributed by atoms with van der Waals surface area (Å²) in [6.07, 6.45) is 5.22. The van der Waals surface area contributed by atoms with Gasteiger partial charge in [-0.1, -0.05) is 11.6 Å². The van der Waals surface area contributed by atoms with E-state index in [0.717, 1.165) is 5.56 Å². The number of aryl methyl sites for hydroxylation is 1. The van der Waals surface area contributed by atoms with E-state index in [9.17, 15) is 9.90 Å². The summed E-state index contributed by atoms with van der Waals surface area (Å²) in [4.78, 5) is 18.1. The molecule has 2 aromatic rings. The predicted molar refractivity (Wildman–Crippen MR) is 81.6 cm³/mol. The molecule has 1 saturated heterocycles. The first-order chi connectivity index (χ1) is 10.5. The molecule has 2 atom stereocenters. The quantitative estimate of drug-likeness (QED) is 0.920. The SMILES string of the molecule is Cn1cc(Cl)c(C(=O)N2C[C@@H](Cc3ccncc3)[C@H](O)C2)n1. The lowest BCUT2D eigenvalue weighted by atomic mass is 9.97. The first kappa shape index (κ1) is 15.0. The number of aliphatic hydroxyl groups excluding tert-OH is 1. The Morgan fingerprint density at radius 2 is 2.14 bits per heavy atom. The Labute approximate surface area is 133 Å². The maximum absolute atomic E-state index is 12.5. The molecule has 1 fully saturated rings. The van der Waals surface area contributed by atoms with E-state index in [-0.39, 0.29) is 17.5 Å². The fraction of sp³-hybridized carbons (Fsp3) is 0.400. The number of rotatable bonds is 3. The standard InChI is InChI=1S/C15H17ClN4O2/c1-19-8-12(16)14(18-19)15(22)20-7-11(13(21)9-20)6-10-2-4-17-5-3-10/h2-5,8,11,13,21H,6-7,9H2,1H3/t11-,13-/m1/s1. The highest BCUT2D eigenvalue weighted by molar-refractivity contribution is 6.33. The summed E-state index contributed by atoms with van der Waals surface area (Å²) in [5.41, 5.74) is 1.34. The number of carbonyl (C=O) groups is 1. The second-order valence-electron chi connectivity index (χ2n) is 5.60. The van der Waals surface area contributed by atoms with Crippen molar-refractivity contribution in [1.29, 1.82) is 0 Å². The molecule has 0 saturated carbocycles. The van der Waals surface area contributed by atoms with Gasteiger partial charge in [0.25, 0.3) is 5.91 Å². The van der Waals surface area contributed by atoms with Crippen molar-refractivity contribution in [2.75, 3.05) is 13.1 Å². The molecule has 3 rings (SSSR count). The molecular formula is C15H17ClN4O2. The van der Waals surface area contributed by atoms with E-state index in [1.165, 1.54) is 4.68 Å². The number of amides is 1. The zero-order valence-corrected chi connectivity index (χ0v) is 12.9. The lowest BCUT2D eigenvalue weighted by molar-refractivity contribution is 0.0758. The normalized spacial score (nSPS) is 21.3. The highest BCUT2D eigenvalue weighted by Crippen LogP contribution is 2.24. The largest absolute Gasteiger partial charge is 0.391 e. The van der Waals surface area contributed by atoms with Crippen LogP contribution in [0.15, 0.2) is 30.7 Å². The van der Waals surface area contributed by atoms with Crippen molar-refractivity contribution < 1.29 is 9.90 Å². The number of nitrogens with zero attached hydrogens (tertiary/aromatic N) is 4. The van der Waals surface area contributed by atoms with Crippen molar-refractivity contribution in [1.82, 2.24) is 19.7 Å². The molecule has 1 aliphatic heterocycles. The molecule has 1 N–H and O–H groups in total. The number of β-amino-alcohol motifs (C(OH)–C–C–N with tert-alkyl or cyclic N) is 1. The van der Waals surface area contributed by atoms with Crippen LogP contribution in [-0.2, 0) is 13.5 Å². The average molecular weight is 321 g/mol. The summed E-state index contributed by atoms with van der Waals surface area (Å²) in [5.74, 6) is -0.226. The van der Waals surface area contributed by atoms with E-state index in [1.54, 1.807) is 30.5 Å². The smallest absolute Gasteiger partial charge is 0.276 e. The first-order valence-corrected chi connectivity index (χ1v) is 7.48. The fourth-order valence-corrected chi connectivity index (χ4v) is 3.06. The second-order valence-corrected chi connectivity index (χ2v) is 6.00. The number of aliphatic hydroxyl groups is 1. The Morgan fingerprint density at radius 1 is 1.41 bits per heavy atom. The van der Waals surface area contributed by atoms with Gasteiger partial charge in [-0.2, -0.15) is 5.10 Å². The van der Waals surface area contributed by atoms with Crippen LogP contribution in [0.3, 0.4) is 0 Å². The Morgan fingerprint density at radius 3 is 2.77 bits per heavy atom. The minimum atomic E-state index is -0.542. The number of hydrogen-bond acceptors (Lipinski definition) is 4. The van der Waals surface area contributed by atoms with Crippen molar-refractivity contribution in [3.05, 3.63) is 47.0 Å². The minimum absolute atomic E-state index is 0.00818. The van der Waals surface area contributed by atoms with Gasteiger partial charge >= 0.3 is 0 Å². The number of carbonyl (C=O) groups excluding carboxylic acids is 1. The third kappa shape index (κ3) is 2.98. The molecular weight excluding hydrogens is 304 g/mol. The van der Waals surface area contributed by atoms with Gasteiger partial charge in [-0.3, -0.25) is 14.5 Å². The lowest BCUT2D eigenvalue weighted by Gasteiger charge is -2.15. The summed E-state index contributed by atoms with van der Waals surface area (Å²) in [6.45, 7) is 0.802. The molecule has 0 aliphatic carbocycles. The van der Waals surface area contributed by atoms with E-state index in [1.807, 2.05) is 12.1 Å². The van der Waals surface area contributed by atoms with Crippen LogP contribution >= 0.6 is 11.6 Å². The number of halogens is 1. The molecule has 1 aliphatic rings. The van der Waals surface area contributed by atoms with Gasteiger partial charge < -0.3 is 10.0 Å². The molecule has 0 aromatic carbocycles. The van der Waals surface area contributed by atoms with Crippen molar-refractivity contribution in [3.8, 4) is 0 Å². The molecule has 0 spiro atoms. The van der Waals surface area contributed by atoms with Gasteiger partial charge in [0, 0.05) is 44.6 Å². The number of aromatic nitrogens is 3. The summed E-state index contributed by atoms with van der Waals surface area (Å²) in [5, 5.41) is 14.6. The molecule has 7 heteroatoms. The van der Waals surface area contributed by atoms with E-state index < -0.39 is 6.10 Å². The van der Waals surface area contributed by atoms with Crippen LogP contribution in [0.1, 0.15) is 16.1 Å². The summed E-state index contributed by atoms with van der Waals surface area (Å²) in [6, 6.07) is 3.85. The highest BCUT2D eigenvalue weighted by Gasteiger charge is 2.35. The van der Waals surface area contributed by atoms with Crippen LogP contribution in [-0.4, -0.2) is 49.9 Å². The van der Waals surface area contributed by atoms with Crippen LogP contribution in [0, 0.1) is 5.92 Å². The summed E-state index contributed by atoms with van der Waals surface area (Å²) >= 11 is 6.02. The molecule has 0 bridgehead atoms. The van der Waals surface area contributed by atoms with Gasteiger partial charge in [-0.25, -0.2) is 0 Å².